The summed E-state index contributed by atoms with van der Waals surface area (Å²) in [4.78, 5) is 14.5. The summed E-state index contributed by atoms with van der Waals surface area (Å²) in [6, 6.07) is 9.54. The minimum Gasteiger partial charge on any atom is -0.464 e. The van der Waals surface area contributed by atoms with Gasteiger partial charge in [-0.2, -0.15) is 5.26 Å². The van der Waals surface area contributed by atoms with Gasteiger partial charge in [-0.3, -0.25) is 0 Å². The van der Waals surface area contributed by atoms with Crippen LogP contribution >= 0.6 is 0 Å². The predicted molar refractivity (Wildman–Crippen MR) is 59.0 cm³/mol. The molecule has 2 aromatic rings. The Balaban J connectivity index is 2.68. The lowest BCUT2D eigenvalue weighted by Gasteiger charge is -1.97. The maximum atomic E-state index is 11.5. The largest absolute Gasteiger partial charge is 0.464 e. The average molecular weight is 214 g/mol. The molecule has 0 saturated heterocycles. The van der Waals surface area contributed by atoms with Crippen LogP contribution in [-0.2, 0) is 11.2 Å². The summed E-state index contributed by atoms with van der Waals surface area (Å²) in [6.07, 6.45) is 0.189. The molecule has 1 heterocycles. The van der Waals surface area contributed by atoms with Crippen molar-refractivity contribution >= 4 is 16.9 Å². The van der Waals surface area contributed by atoms with Crippen molar-refractivity contribution in [2.24, 2.45) is 0 Å². The van der Waals surface area contributed by atoms with E-state index in [2.05, 4.69) is 15.8 Å². The zero-order valence-electron chi connectivity index (χ0n) is 8.78. The number of para-hydroxylation sites is 1. The van der Waals surface area contributed by atoms with Gasteiger partial charge in [-0.15, -0.1) is 0 Å². The van der Waals surface area contributed by atoms with Gasteiger partial charge in [0.15, 0.2) is 0 Å². The zero-order chi connectivity index (χ0) is 11.5. The van der Waals surface area contributed by atoms with Crippen LogP contribution in [0.3, 0.4) is 0 Å². The number of fused-ring (bicyclic) bond motifs is 1. The molecule has 0 aliphatic carbocycles. The number of nitriles is 1. The lowest BCUT2D eigenvalue weighted by Crippen LogP contribution is -2.04. The zero-order valence-corrected chi connectivity index (χ0v) is 8.78. The third kappa shape index (κ3) is 1.52. The monoisotopic (exact) mass is 214 g/mol. The highest BCUT2D eigenvalue weighted by atomic mass is 16.5. The van der Waals surface area contributed by atoms with Crippen LogP contribution < -0.4 is 0 Å². The molecule has 0 bridgehead atoms. The average Bonchev–Trinajstić information content (AvgIpc) is 2.68. The van der Waals surface area contributed by atoms with Gasteiger partial charge in [-0.05, 0) is 6.07 Å². The Kier molecular flexibility index (Phi) is 2.61. The number of methoxy groups -OCH3 is 1. The standard InChI is InChI=1S/C12H10N2O2/c1-16-12(15)11-9(6-7-13)8-4-2-3-5-10(8)14-11/h2-5,14H,6H2,1H3. The van der Waals surface area contributed by atoms with Gasteiger partial charge in [-0.25, -0.2) is 4.79 Å². The maximum absolute atomic E-state index is 11.5. The van der Waals surface area contributed by atoms with Crippen molar-refractivity contribution in [1.29, 1.82) is 5.26 Å². The van der Waals surface area contributed by atoms with Crippen LogP contribution in [0.25, 0.3) is 10.9 Å². The number of benzene rings is 1. The van der Waals surface area contributed by atoms with E-state index in [0.29, 0.717) is 11.3 Å². The van der Waals surface area contributed by atoms with Crippen molar-refractivity contribution < 1.29 is 9.53 Å². The molecule has 0 atom stereocenters. The third-order valence-electron chi connectivity index (χ3n) is 2.46. The van der Waals surface area contributed by atoms with Gasteiger partial charge in [0.1, 0.15) is 5.69 Å². The quantitative estimate of drug-likeness (QED) is 0.778. The molecule has 4 nitrogen and oxygen atoms in total. The van der Waals surface area contributed by atoms with E-state index in [1.165, 1.54) is 7.11 Å². The van der Waals surface area contributed by atoms with Crippen LogP contribution in [0.2, 0.25) is 0 Å². The van der Waals surface area contributed by atoms with Crippen molar-refractivity contribution in [3.05, 3.63) is 35.5 Å². The molecule has 0 radical (unpaired) electrons. The van der Waals surface area contributed by atoms with Crippen molar-refractivity contribution in [2.75, 3.05) is 7.11 Å². The van der Waals surface area contributed by atoms with Crippen molar-refractivity contribution in [1.82, 2.24) is 4.98 Å². The van der Waals surface area contributed by atoms with Gasteiger partial charge in [0.2, 0.25) is 0 Å². The number of hydrogen-bond donors (Lipinski definition) is 1. The Bertz CT molecular complexity index is 578. The van der Waals surface area contributed by atoms with Gasteiger partial charge in [0.25, 0.3) is 0 Å². The number of hydrogen-bond acceptors (Lipinski definition) is 3. The first-order chi connectivity index (χ1) is 7.77. The molecular weight excluding hydrogens is 204 g/mol. The van der Waals surface area contributed by atoms with Crippen LogP contribution in [-0.4, -0.2) is 18.1 Å². The Morgan fingerprint density at radius 3 is 2.94 bits per heavy atom. The van der Waals surface area contributed by atoms with Gasteiger partial charge < -0.3 is 9.72 Å². The normalized spacial score (nSPS) is 10.0. The summed E-state index contributed by atoms with van der Waals surface area (Å²) in [7, 11) is 1.32. The molecule has 0 aliphatic rings. The van der Waals surface area contributed by atoms with Crippen molar-refractivity contribution in [3.63, 3.8) is 0 Å². The molecule has 0 amide bonds. The topological polar surface area (TPSA) is 65.9 Å². The number of H-pyrrole nitrogens is 1. The molecule has 0 aliphatic heterocycles. The molecule has 16 heavy (non-hydrogen) atoms. The summed E-state index contributed by atoms with van der Waals surface area (Å²) >= 11 is 0. The first-order valence-corrected chi connectivity index (χ1v) is 4.82. The van der Waals surface area contributed by atoms with E-state index in [9.17, 15) is 4.79 Å². The van der Waals surface area contributed by atoms with Gasteiger partial charge in [0, 0.05) is 16.5 Å². The minimum atomic E-state index is -0.443. The molecule has 0 spiro atoms. The number of nitrogens with one attached hydrogen (secondary N) is 1. The SMILES string of the molecule is COC(=O)c1[nH]c2ccccc2c1CC#N. The van der Waals surface area contributed by atoms with E-state index in [0.717, 1.165) is 10.9 Å². The fraction of sp³-hybridized carbons (Fsp3) is 0.167. The molecule has 1 N–H and O–H groups in total. The molecule has 1 aromatic carbocycles. The molecule has 80 valence electrons. The van der Waals surface area contributed by atoms with E-state index < -0.39 is 5.97 Å². The number of rotatable bonds is 2. The molecule has 0 unspecified atom stereocenters. The Morgan fingerprint density at radius 1 is 1.50 bits per heavy atom. The molecule has 4 heteroatoms. The third-order valence-corrected chi connectivity index (χ3v) is 2.46. The van der Waals surface area contributed by atoms with Crippen LogP contribution in [0, 0.1) is 11.3 Å². The first-order valence-electron chi connectivity index (χ1n) is 4.82. The Morgan fingerprint density at radius 2 is 2.25 bits per heavy atom. The highest BCUT2D eigenvalue weighted by Crippen LogP contribution is 2.23. The molecule has 1 aromatic heterocycles. The number of carbonyl (C=O) groups excluding carboxylic acids is 1. The van der Waals surface area contributed by atoms with E-state index in [4.69, 9.17) is 5.26 Å². The van der Waals surface area contributed by atoms with Gasteiger partial charge >= 0.3 is 5.97 Å². The van der Waals surface area contributed by atoms with E-state index in [1.807, 2.05) is 24.3 Å². The lowest BCUT2D eigenvalue weighted by molar-refractivity contribution is 0.0594. The van der Waals surface area contributed by atoms with E-state index >= 15 is 0 Å². The fourth-order valence-electron chi connectivity index (χ4n) is 1.74. The molecular formula is C12H10N2O2. The number of aromatic amines is 1. The lowest BCUT2D eigenvalue weighted by atomic mass is 10.1. The molecule has 0 fully saturated rings. The van der Waals surface area contributed by atoms with Crippen molar-refractivity contribution in [3.8, 4) is 6.07 Å². The number of nitrogens with zero attached hydrogens (tertiary/aromatic N) is 1. The molecule has 0 saturated carbocycles. The van der Waals surface area contributed by atoms with Crippen LogP contribution in [0.1, 0.15) is 16.1 Å². The highest BCUT2D eigenvalue weighted by molar-refractivity contribution is 5.98. The molecule has 2 rings (SSSR count). The number of carbonyl (C=O) groups is 1. The Hall–Kier alpha value is -2.28. The fourth-order valence-corrected chi connectivity index (χ4v) is 1.74. The summed E-state index contributed by atoms with van der Waals surface area (Å²) in [6.45, 7) is 0. The summed E-state index contributed by atoms with van der Waals surface area (Å²) in [5.74, 6) is -0.443. The van der Waals surface area contributed by atoms with Crippen LogP contribution in [0.5, 0.6) is 0 Å². The second kappa shape index (κ2) is 4.07. The van der Waals surface area contributed by atoms with E-state index in [1.54, 1.807) is 0 Å². The predicted octanol–water partition coefficient (Wildman–Crippen LogP) is 2.02. The summed E-state index contributed by atoms with van der Waals surface area (Å²) in [5.41, 5.74) is 1.91. The second-order valence-electron chi connectivity index (χ2n) is 3.35. The number of esters is 1. The number of ether oxygens (including phenoxy) is 1. The number of aromatic nitrogens is 1. The maximum Gasteiger partial charge on any atom is 0.354 e. The Labute approximate surface area is 92.4 Å². The van der Waals surface area contributed by atoms with Gasteiger partial charge in [0.05, 0.1) is 19.6 Å². The summed E-state index contributed by atoms with van der Waals surface area (Å²) < 4.78 is 4.67. The minimum absolute atomic E-state index is 0.189. The first kappa shape index (κ1) is 10.2. The van der Waals surface area contributed by atoms with Gasteiger partial charge in [-0.1, -0.05) is 18.2 Å². The van der Waals surface area contributed by atoms with E-state index in [-0.39, 0.29) is 6.42 Å². The summed E-state index contributed by atoms with van der Waals surface area (Å²) in [5, 5.41) is 9.65. The second-order valence-corrected chi connectivity index (χ2v) is 3.35. The smallest absolute Gasteiger partial charge is 0.354 e. The van der Waals surface area contributed by atoms with Crippen LogP contribution in [0.15, 0.2) is 24.3 Å². The van der Waals surface area contributed by atoms with Crippen LogP contribution in [0.4, 0.5) is 0 Å². The highest BCUT2D eigenvalue weighted by Gasteiger charge is 2.17. The van der Waals surface area contributed by atoms with Crippen molar-refractivity contribution in [2.45, 2.75) is 6.42 Å².